The Morgan fingerprint density at radius 1 is 0.893 bits per heavy atom. The SMILES string of the molecule is CCS[C@@H]1O[C@H](CO[Si](C)(C)C(C)(C)C)[C@@H](O)[C@H](O[Si](C)(C)C(C)(C)C)[C@H]1O. The molecule has 0 aromatic heterocycles. The predicted octanol–water partition coefficient (Wildman–Crippen LogP) is 4.60. The van der Waals surface area contributed by atoms with E-state index >= 15 is 0 Å². The van der Waals surface area contributed by atoms with Crippen molar-refractivity contribution in [3.05, 3.63) is 0 Å². The van der Waals surface area contributed by atoms with Gasteiger partial charge in [-0.15, -0.1) is 11.8 Å². The normalized spacial score (nSPS) is 30.5. The van der Waals surface area contributed by atoms with Crippen LogP contribution in [0.2, 0.25) is 36.3 Å². The average Bonchev–Trinajstić information content (AvgIpc) is 2.51. The highest BCUT2D eigenvalue weighted by Gasteiger charge is 2.50. The molecule has 1 rings (SSSR count). The van der Waals surface area contributed by atoms with Gasteiger partial charge in [-0.25, -0.2) is 0 Å². The van der Waals surface area contributed by atoms with E-state index in [9.17, 15) is 10.2 Å². The fraction of sp³-hybridized carbons (Fsp3) is 1.00. The molecule has 8 heteroatoms. The van der Waals surface area contributed by atoms with E-state index in [1.54, 1.807) is 11.8 Å². The predicted molar refractivity (Wildman–Crippen MR) is 124 cm³/mol. The molecule has 0 unspecified atom stereocenters. The summed E-state index contributed by atoms with van der Waals surface area (Å²) in [6.45, 7) is 24.1. The van der Waals surface area contributed by atoms with E-state index in [1.807, 2.05) is 6.92 Å². The van der Waals surface area contributed by atoms with Gasteiger partial charge in [-0.05, 0) is 42.0 Å². The summed E-state index contributed by atoms with van der Waals surface area (Å²) in [7, 11) is -4.13. The number of thioether (sulfide) groups is 1. The quantitative estimate of drug-likeness (QED) is 0.550. The first-order chi connectivity index (χ1) is 12.4. The fourth-order valence-electron chi connectivity index (χ4n) is 2.51. The smallest absolute Gasteiger partial charge is 0.192 e. The van der Waals surface area contributed by atoms with Crippen molar-refractivity contribution in [1.82, 2.24) is 0 Å². The second-order valence-corrected chi connectivity index (χ2v) is 21.8. The van der Waals surface area contributed by atoms with Crippen molar-refractivity contribution in [2.24, 2.45) is 0 Å². The lowest BCUT2D eigenvalue weighted by Gasteiger charge is -2.48. The Kier molecular flexibility index (Phi) is 8.92. The van der Waals surface area contributed by atoms with E-state index in [4.69, 9.17) is 13.6 Å². The zero-order valence-electron chi connectivity index (χ0n) is 19.8. The van der Waals surface area contributed by atoms with Crippen LogP contribution >= 0.6 is 11.8 Å². The molecule has 1 aliphatic rings. The van der Waals surface area contributed by atoms with Crippen molar-refractivity contribution in [1.29, 1.82) is 0 Å². The molecule has 0 radical (unpaired) electrons. The monoisotopic (exact) mass is 452 g/mol. The molecule has 0 aromatic rings. The van der Waals surface area contributed by atoms with E-state index in [-0.39, 0.29) is 10.1 Å². The molecular formula is C20H44O5SSi2. The second-order valence-electron chi connectivity index (χ2n) is 10.9. The molecule has 168 valence electrons. The first-order valence-electron chi connectivity index (χ1n) is 10.4. The first-order valence-corrected chi connectivity index (χ1v) is 17.3. The first kappa shape index (κ1) is 26.6. The van der Waals surface area contributed by atoms with Gasteiger partial charge in [0.25, 0.3) is 0 Å². The zero-order valence-corrected chi connectivity index (χ0v) is 22.6. The molecule has 5 nitrogen and oxygen atoms in total. The van der Waals surface area contributed by atoms with Gasteiger partial charge in [-0.3, -0.25) is 0 Å². The Morgan fingerprint density at radius 2 is 1.39 bits per heavy atom. The van der Waals surface area contributed by atoms with Gasteiger partial charge >= 0.3 is 0 Å². The molecule has 1 fully saturated rings. The van der Waals surface area contributed by atoms with E-state index in [0.29, 0.717) is 6.61 Å². The molecule has 0 aliphatic carbocycles. The van der Waals surface area contributed by atoms with Crippen LogP contribution in [0.3, 0.4) is 0 Å². The van der Waals surface area contributed by atoms with E-state index < -0.39 is 46.5 Å². The van der Waals surface area contributed by atoms with Crippen LogP contribution in [0.15, 0.2) is 0 Å². The summed E-state index contributed by atoms with van der Waals surface area (Å²) in [6, 6.07) is 0. The molecule has 28 heavy (non-hydrogen) atoms. The second kappa shape index (κ2) is 9.38. The third-order valence-corrected chi connectivity index (χ3v) is 16.7. The summed E-state index contributed by atoms with van der Waals surface area (Å²) < 4.78 is 18.9. The van der Waals surface area contributed by atoms with Crippen LogP contribution in [-0.4, -0.2) is 69.1 Å². The van der Waals surface area contributed by atoms with Gasteiger partial charge in [0, 0.05) is 0 Å². The molecule has 2 N–H and O–H groups in total. The Labute approximate surface area is 179 Å². The lowest BCUT2D eigenvalue weighted by Crippen LogP contribution is -2.62. The van der Waals surface area contributed by atoms with Gasteiger partial charge in [-0.1, -0.05) is 48.5 Å². The maximum Gasteiger partial charge on any atom is 0.192 e. The highest BCUT2D eigenvalue weighted by Crippen LogP contribution is 2.41. The number of aliphatic hydroxyl groups is 2. The molecule has 1 aliphatic heterocycles. The third-order valence-electron chi connectivity index (χ3n) is 6.62. The van der Waals surface area contributed by atoms with Crippen LogP contribution in [0.1, 0.15) is 48.5 Å². The zero-order chi connectivity index (χ0) is 22.1. The van der Waals surface area contributed by atoms with Crippen molar-refractivity contribution >= 4 is 28.4 Å². The maximum atomic E-state index is 11.1. The largest absolute Gasteiger partial charge is 0.414 e. The van der Waals surface area contributed by atoms with Crippen molar-refractivity contribution < 1.29 is 23.8 Å². The molecule has 0 aromatic carbocycles. The standard InChI is InChI=1S/C20H44O5SSi2/c1-12-26-18-16(22)17(25-28(10,11)20(5,6)7)15(21)14(24-18)13-23-27(8,9)19(2,3)4/h14-18,21-22H,12-13H2,1-11H3/t14-,15-,16-,17+,18+/m1/s1. The van der Waals surface area contributed by atoms with Gasteiger partial charge in [0.1, 0.15) is 29.9 Å². The van der Waals surface area contributed by atoms with Crippen LogP contribution < -0.4 is 0 Å². The topological polar surface area (TPSA) is 68.2 Å². The molecule has 1 heterocycles. The average molecular weight is 453 g/mol. The summed E-state index contributed by atoms with van der Waals surface area (Å²) in [4.78, 5) is 0. The van der Waals surface area contributed by atoms with E-state index in [2.05, 4.69) is 67.7 Å². The molecule has 0 saturated carbocycles. The van der Waals surface area contributed by atoms with Gasteiger partial charge < -0.3 is 23.8 Å². The minimum Gasteiger partial charge on any atom is -0.414 e. The Hall–Kier alpha value is 0.584. The highest BCUT2D eigenvalue weighted by atomic mass is 32.2. The van der Waals surface area contributed by atoms with Gasteiger partial charge in [0.15, 0.2) is 16.6 Å². The van der Waals surface area contributed by atoms with Gasteiger partial charge in [0.2, 0.25) is 0 Å². The minimum atomic E-state index is -2.16. The summed E-state index contributed by atoms with van der Waals surface area (Å²) in [5, 5.41) is 22.0. The molecule has 0 spiro atoms. The van der Waals surface area contributed by atoms with Crippen molar-refractivity contribution in [3.63, 3.8) is 0 Å². The summed E-state index contributed by atoms with van der Waals surface area (Å²) >= 11 is 1.55. The van der Waals surface area contributed by atoms with Crippen LogP contribution in [0.5, 0.6) is 0 Å². The van der Waals surface area contributed by atoms with Crippen molar-refractivity contribution in [2.75, 3.05) is 12.4 Å². The molecule has 5 atom stereocenters. The minimum absolute atomic E-state index is 0.00865. The molecule has 0 bridgehead atoms. The summed E-state index contributed by atoms with van der Waals surface area (Å²) in [5.41, 5.74) is -0.420. The Morgan fingerprint density at radius 3 is 1.82 bits per heavy atom. The number of aliphatic hydroxyl groups excluding tert-OH is 2. The Balaban J connectivity index is 3.03. The van der Waals surface area contributed by atoms with Crippen molar-refractivity contribution in [2.45, 2.75) is 115 Å². The lowest BCUT2D eigenvalue weighted by atomic mass is 10.0. The van der Waals surface area contributed by atoms with Gasteiger partial charge in [0.05, 0.1) is 6.61 Å². The number of hydrogen-bond acceptors (Lipinski definition) is 6. The van der Waals surface area contributed by atoms with Crippen LogP contribution in [0.25, 0.3) is 0 Å². The molecule has 0 amide bonds. The highest BCUT2D eigenvalue weighted by molar-refractivity contribution is 7.99. The number of rotatable bonds is 7. The maximum absolute atomic E-state index is 11.1. The Bertz CT molecular complexity index is 502. The van der Waals surface area contributed by atoms with Gasteiger partial charge in [-0.2, -0.15) is 0 Å². The lowest BCUT2D eigenvalue weighted by molar-refractivity contribution is -0.200. The molecule has 1 saturated heterocycles. The number of hydrogen-bond donors (Lipinski definition) is 2. The molecular weight excluding hydrogens is 408 g/mol. The number of ether oxygens (including phenoxy) is 1. The summed E-state index contributed by atoms with van der Waals surface area (Å²) in [6.07, 6.45) is -2.94. The van der Waals surface area contributed by atoms with Crippen LogP contribution in [-0.2, 0) is 13.6 Å². The third kappa shape index (κ3) is 6.29. The fourth-order valence-corrected chi connectivity index (χ4v) is 5.73. The van der Waals surface area contributed by atoms with Crippen LogP contribution in [0.4, 0.5) is 0 Å². The van der Waals surface area contributed by atoms with E-state index in [0.717, 1.165) is 5.75 Å². The summed E-state index contributed by atoms with van der Waals surface area (Å²) in [5.74, 6) is 0.820. The van der Waals surface area contributed by atoms with E-state index in [1.165, 1.54) is 0 Å². The van der Waals surface area contributed by atoms with Crippen molar-refractivity contribution in [3.8, 4) is 0 Å². The van der Waals surface area contributed by atoms with Crippen LogP contribution in [0, 0.1) is 0 Å².